The van der Waals surface area contributed by atoms with E-state index in [0.29, 0.717) is 3.63 Å². The molecular formula is C51H48Cl2Zr. The van der Waals surface area contributed by atoms with E-state index in [1.807, 2.05) is 0 Å². The van der Waals surface area contributed by atoms with Crippen molar-refractivity contribution in [3.63, 3.8) is 0 Å². The predicted octanol–water partition coefficient (Wildman–Crippen LogP) is 7.42. The third kappa shape index (κ3) is 7.53. The first kappa shape index (κ1) is 39.8. The van der Waals surface area contributed by atoms with Gasteiger partial charge in [0.05, 0.1) is 0 Å². The second-order valence-corrected chi connectivity index (χ2v) is 22.7. The van der Waals surface area contributed by atoms with Gasteiger partial charge >= 0.3 is 321 Å². The van der Waals surface area contributed by atoms with Crippen LogP contribution in [-0.4, -0.2) is 3.21 Å². The van der Waals surface area contributed by atoms with Crippen LogP contribution < -0.4 is 24.8 Å². The summed E-state index contributed by atoms with van der Waals surface area (Å²) in [5.41, 5.74) is 16.7. The molecule has 2 aliphatic rings. The first-order valence-corrected chi connectivity index (χ1v) is 22.7. The summed E-state index contributed by atoms with van der Waals surface area (Å²) in [7, 11) is 0. The Bertz CT molecular complexity index is 2210. The van der Waals surface area contributed by atoms with Crippen molar-refractivity contribution in [3.8, 4) is 33.4 Å². The number of allylic oxidation sites excluding steroid dienone is 4. The van der Waals surface area contributed by atoms with Crippen molar-refractivity contribution in [1.29, 1.82) is 0 Å². The number of hydrogen-bond acceptors (Lipinski definition) is 0. The molecule has 0 aromatic heterocycles. The summed E-state index contributed by atoms with van der Waals surface area (Å²) in [6, 6.07) is 55.3. The van der Waals surface area contributed by atoms with E-state index in [4.69, 9.17) is 0 Å². The van der Waals surface area contributed by atoms with Gasteiger partial charge in [0.25, 0.3) is 0 Å². The fourth-order valence-corrected chi connectivity index (χ4v) is 17.4. The van der Waals surface area contributed by atoms with Crippen LogP contribution >= 0.6 is 0 Å². The molecule has 0 heterocycles. The molecule has 2 aliphatic carbocycles. The molecule has 0 aliphatic heterocycles. The Morgan fingerprint density at radius 2 is 0.889 bits per heavy atom. The third-order valence-corrected chi connectivity index (χ3v) is 19.2. The molecule has 270 valence electrons. The van der Waals surface area contributed by atoms with Crippen LogP contribution in [0, 0.1) is 0 Å². The fraction of sp³-hybridized carbons (Fsp3) is 0.196. The molecule has 0 bridgehead atoms. The Labute approximate surface area is 343 Å². The average molecular weight is 823 g/mol. The molecule has 0 N–H and O–H groups in total. The second-order valence-electron chi connectivity index (χ2n) is 16.5. The molecule has 0 fully saturated rings. The first-order chi connectivity index (χ1) is 25.1. The van der Waals surface area contributed by atoms with E-state index in [-0.39, 0.29) is 35.6 Å². The van der Waals surface area contributed by atoms with Crippen molar-refractivity contribution in [3.05, 3.63) is 200 Å². The van der Waals surface area contributed by atoms with E-state index in [2.05, 4.69) is 205 Å². The van der Waals surface area contributed by atoms with E-state index in [1.165, 1.54) is 66.8 Å². The van der Waals surface area contributed by atoms with Crippen molar-refractivity contribution in [2.75, 3.05) is 0 Å². The average Bonchev–Trinajstić information content (AvgIpc) is 3.80. The van der Waals surface area contributed by atoms with Gasteiger partial charge in [-0.3, -0.25) is 0 Å². The number of halogens is 2. The normalized spacial score (nSPS) is 13.2. The topological polar surface area (TPSA) is 0 Å². The summed E-state index contributed by atoms with van der Waals surface area (Å²) >= 11 is -2.90. The van der Waals surface area contributed by atoms with Crippen molar-refractivity contribution >= 4 is 3.21 Å². The van der Waals surface area contributed by atoms with Crippen LogP contribution in [-0.2, 0) is 32.1 Å². The molecule has 6 aromatic rings. The summed E-state index contributed by atoms with van der Waals surface area (Å²) in [6.45, 7) is 14.3. The zero-order chi connectivity index (χ0) is 36.0. The van der Waals surface area contributed by atoms with E-state index in [1.54, 1.807) is 6.49 Å². The van der Waals surface area contributed by atoms with E-state index in [9.17, 15) is 0 Å². The van der Waals surface area contributed by atoms with Crippen LogP contribution in [0.4, 0.5) is 0 Å². The van der Waals surface area contributed by atoms with Gasteiger partial charge in [0.2, 0.25) is 0 Å². The Hall–Kier alpha value is -3.87. The molecule has 0 radical (unpaired) electrons. The first-order valence-electron chi connectivity index (χ1n) is 18.8. The zero-order valence-corrected chi connectivity index (χ0v) is 36.1. The van der Waals surface area contributed by atoms with Crippen LogP contribution in [0.25, 0.3) is 33.4 Å². The van der Waals surface area contributed by atoms with Crippen molar-refractivity contribution in [2.45, 2.75) is 62.4 Å². The summed E-state index contributed by atoms with van der Waals surface area (Å²) in [4.78, 5) is 0. The molecule has 8 rings (SSSR count). The molecule has 6 aromatic carbocycles. The maximum Gasteiger partial charge on any atom is -1.00 e. The van der Waals surface area contributed by atoms with Gasteiger partial charge in [-0.25, -0.2) is 0 Å². The molecule has 0 amide bonds. The van der Waals surface area contributed by atoms with Gasteiger partial charge in [-0.1, -0.05) is 0 Å². The third-order valence-electron chi connectivity index (χ3n) is 10.9. The van der Waals surface area contributed by atoms with Crippen molar-refractivity contribution < 1.29 is 46.1 Å². The van der Waals surface area contributed by atoms with Gasteiger partial charge in [-0.15, -0.1) is 0 Å². The molecule has 0 spiro atoms. The molecule has 0 unspecified atom stereocenters. The predicted molar refractivity (Wildman–Crippen MR) is 220 cm³/mol. The molecule has 0 nitrogen and oxygen atoms in total. The minimum absolute atomic E-state index is 0. The zero-order valence-electron chi connectivity index (χ0n) is 32.1. The van der Waals surface area contributed by atoms with Gasteiger partial charge in [0, 0.05) is 0 Å². The largest absolute Gasteiger partial charge is 1.00 e. The number of hydrogen-bond donors (Lipinski definition) is 0. The molecule has 0 atom stereocenters. The van der Waals surface area contributed by atoms with Crippen molar-refractivity contribution in [2.24, 2.45) is 0 Å². The quantitative estimate of drug-likeness (QED) is 0.164. The van der Waals surface area contributed by atoms with Gasteiger partial charge < -0.3 is 24.8 Å². The monoisotopic (exact) mass is 820 g/mol. The van der Waals surface area contributed by atoms with E-state index >= 15 is 0 Å². The minimum Gasteiger partial charge on any atom is -1.00 e. The Kier molecular flexibility index (Phi) is 11.9. The molecule has 54 heavy (non-hydrogen) atoms. The van der Waals surface area contributed by atoms with Crippen LogP contribution in [0.15, 0.2) is 167 Å². The van der Waals surface area contributed by atoms with E-state index in [0.717, 1.165) is 6.42 Å². The minimum atomic E-state index is -2.90. The van der Waals surface area contributed by atoms with Crippen LogP contribution in [0.2, 0.25) is 0 Å². The SMILES string of the molecule is CC(C)(C)c1cc2c(cc1-c1ccccc1)[CH]([Zr+2]([C]1=CC=CC1)=[C](c1ccccc1)c1ccccc1)c1cc(-c3ccccc3)c(C(C)(C)C)cc1-2.[Cl-].[Cl-]. The molecule has 3 heteroatoms. The standard InChI is InChI=1S/C33H33.C13H10.C5H5.2ClH.Zr/c1-32(2,3)30-20-26-24(18-28(30)22-13-9-7-10-14-22)17-25-19-29(23-15-11-8-12-16-23)31(21-27(25)26)33(4,5)6;1-3-7-12(8-4-1)11-13-9-5-2-6-10-13;1-2-4-5-3-1;;;/h7-21H,1-6H3;1-10H;1-3H,4H2;2*1H;/q;;;;;+2/p-2. The Morgan fingerprint density at radius 1 is 0.500 bits per heavy atom. The summed E-state index contributed by atoms with van der Waals surface area (Å²) in [6.07, 6.45) is 8.23. The maximum absolute atomic E-state index is 2.90. The number of fused-ring (bicyclic) bond motifs is 3. The second kappa shape index (κ2) is 16.1. The summed E-state index contributed by atoms with van der Waals surface area (Å²) in [5.74, 6) is 0. The van der Waals surface area contributed by atoms with Gasteiger partial charge in [0.15, 0.2) is 0 Å². The number of benzene rings is 6. The number of rotatable bonds is 6. The van der Waals surface area contributed by atoms with E-state index < -0.39 is 21.3 Å². The van der Waals surface area contributed by atoms with Crippen LogP contribution in [0.3, 0.4) is 0 Å². The summed E-state index contributed by atoms with van der Waals surface area (Å²) in [5, 5.41) is 0. The molecule has 0 saturated heterocycles. The van der Waals surface area contributed by atoms with Crippen LogP contribution in [0.5, 0.6) is 0 Å². The van der Waals surface area contributed by atoms with Gasteiger partial charge in [0.1, 0.15) is 0 Å². The smallest absolute Gasteiger partial charge is 1.00 e. The van der Waals surface area contributed by atoms with Crippen molar-refractivity contribution in [1.82, 2.24) is 0 Å². The molecule has 0 saturated carbocycles. The van der Waals surface area contributed by atoms with Gasteiger partial charge in [-0.2, -0.15) is 0 Å². The fourth-order valence-electron chi connectivity index (χ4n) is 8.43. The Morgan fingerprint density at radius 3 is 1.24 bits per heavy atom. The van der Waals surface area contributed by atoms with Gasteiger partial charge in [-0.05, 0) is 0 Å². The maximum atomic E-state index is 2.63. The van der Waals surface area contributed by atoms with Crippen LogP contribution in [0.1, 0.15) is 85.0 Å². The summed E-state index contributed by atoms with van der Waals surface area (Å²) < 4.78 is 3.56. The molecular weight excluding hydrogens is 775 g/mol. The Balaban J connectivity index is 0.00000249.